The van der Waals surface area contributed by atoms with Crippen LogP contribution < -0.4 is 4.90 Å². The second-order valence-electron chi connectivity index (χ2n) is 6.37. The third-order valence-corrected chi connectivity index (χ3v) is 6.02. The summed E-state index contributed by atoms with van der Waals surface area (Å²) in [4.78, 5) is 18.9. The van der Waals surface area contributed by atoms with Crippen LogP contribution in [0.5, 0.6) is 0 Å². The Balaban J connectivity index is 1.77. The van der Waals surface area contributed by atoms with Gasteiger partial charge >= 0.3 is 0 Å². The summed E-state index contributed by atoms with van der Waals surface area (Å²) in [6.45, 7) is 6.51. The van der Waals surface area contributed by atoms with Gasteiger partial charge in [0.25, 0.3) is 0 Å². The lowest BCUT2D eigenvalue weighted by Crippen LogP contribution is -2.36. The summed E-state index contributed by atoms with van der Waals surface area (Å²) in [5.74, 6) is 0.0166. The molecule has 2 aromatic heterocycles. The van der Waals surface area contributed by atoms with Gasteiger partial charge in [0, 0.05) is 18.0 Å². The van der Waals surface area contributed by atoms with Gasteiger partial charge in [-0.05, 0) is 38.5 Å². The number of benzene rings is 1. The number of hydrogen-bond donors (Lipinski definition) is 0. The lowest BCUT2D eigenvalue weighted by molar-refractivity contribution is -0.117. The SMILES string of the molecule is CCN(C(=O)C(C)SC(C)c1ccccc1)c1cn(-c2cccnc2)nc1Cl. The van der Waals surface area contributed by atoms with Crippen LogP contribution in [0.4, 0.5) is 5.69 Å². The van der Waals surface area contributed by atoms with Crippen LogP contribution in [-0.4, -0.2) is 32.5 Å². The van der Waals surface area contributed by atoms with E-state index < -0.39 is 0 Å². The topological polar surface area (TPSA) is 51.0 Å². The number of thioether (sulfide) groups is 1. The van der Waals surface area contributed by atoms with Crippen molar-refractivity contribution >= 4 is 35.0 Å². The van der Waals surface area contributed by atoms with E-state index >= 15 is 0 Å². The second-order valence-corrected chi connectivity index (χ2v) is 8.42. The zero-order valence-electron chi connectivity index (χ0n) is 16.1. The Labute approximate surface area is 174 Å². The third kappa shape index (κ3) is 4.56. The number of nitrogens with zero attached hydrogens (tertiary/aromatic N) is 4. The van der Waals surface area contributed by atoms with Crippen molar-refractivity contribution in [1.82, 2.24) is 14.8 Å². The zero-order valence-corrected chi connectivity index (χ0v) is 17.7. The maximum Gasteiger partial charge on any atom is 0.239 e. The fourth-order valence-electron chi connectivity index (χ4n) is 2.98. The highest BCUT2D eigenvalue weighted by atomic mass is 35.5. The number of carbonyl (C=O) groups is 1. The first-order valence-electron chi connectivity index (χ1n) is 9.18. The molecule has 7 heteroatoms. The van der Waals surface area contributed by atoms with Gasteiger partial charge in [-0.25, -0.2) is 4.68 Å². The molecule has 2 heterocycles. The average Bonchev–Trinajstić information content (AvgIpc) is 3.11. The maximum atomic E-state index is 13.1. The Hall–Kier alpha value is -2.31. The molecule has 0 N–H and O–H groups in total. The Morgan fingerprint density at radius 1 is 1.21 bits per heavy atom. The second kappa shape index (κ2) is 9.26. The van der Waals surface area contributed by atoms with Crippen molar-refractivity contribution in [3.05, 3.63) is 71.8 Å². The van der Waals surface area contributed by atoms with Gasteiger partial charge in [0.15, 0.2) is 5.15 Å². The van der Waals surface area contributed by atoms with Gasteiger partial charge in [0.1, 0.15) is 5.69 Å². The van der Waals surface area contributed by atoms with Crippen LogP contribution in [0.3, 0.4) is 0 Å². The molecule has 0 radical (unpaired) electrons. The van der Waals surface area contributed by atoms with Crippen LogP contribution in [-0.2, 0) is 4.79 Å². The highest BCUT2D eigenvalue weighted by molar-refractivity contribution is 8.00. The lowest BCUT2D eigenvalue weighted by Gasteiger charge is -2.25. The molecule has 0 aliphatic carbocycles. The van der Waals surface area contributed by atoms with E-state index in [1.54, 1.807) is 39.9 Å². The molecule has 0 saturated heterocycles. The minimum absolute atomic E-state index is 0.0166. The quantitative estimate of drug-likeness (QED) is 0.536. The molecule has 0 saturated carbocycles. The van der Waals surface area contributed by atoms with Gasteiger partial charge < -0.3 is 4.90 Å². The molecular weight excluding hydrogens is 392 g/mol. The van der Waals surface area contributed by atoms with Gasteiger partial charge in [-0.2, -0.15) is 5.10 Å². The lowest BCUT2D eigenvalue weighted by atomic mass is 10.2. The van der Waals surface area contributed by atoms with Crippen molar-refractivity contribution in [3.8, 4) is 5.69 Å². The molecule has 0 bridgehead atoms. The molecule has 0 aliphatic heterocycles. The van der Waals surface area contributed by atoms with Crippen LogP contribution in [0.25, 0.3) is 5.69 Å². The molecule has 1 aromatic carbocycles. The molecule has 5 nitrogen and oxygen atoms in total. The molecule has 2 atom stereocenters. The van der Waals surface area contributed by atoms with E-state index in [9.17, 15) is 4.79 Å². The molecule has 3 rings (SSSR count). The monoisotopic (exact) mass is 414 g/mol. The Bertz CT molecular complexity index is 917. The number of pyridine rings is 1. The molecule has 28 heavy (non-hydrogen) atoms. The maximum absolute atomic E-state index is 13.1. The van der Waals surface area contributed by atoms with E-state index in [0.29, 0.717) is 17.4 Å². The standard InChI is InChI=1S/C21H23ClN4OS/c1-4-25(19-14-26(24-20(19)22)18-11-8-12-23-13-18)21(27)16(3)28-15(2)17-9-6-5-7-10-17/h5-16H,4H2,1-3H3. The Morgan fingerprint density at radius 2 is 1.96 bits per heavy atom. The number of halogens is 1. The third-order valence-electron chi connectivity index (χ3n) is 4.46. The van der Waals surface area contributed by atoms with E-state index in [-0.39, 0.29) is 16.4 Å². The van der Waals surface area contributed by atoms with Crippen LogP contribution in [0.1, 0.15) is 31.6 Å². The average molecular weight is 415 g/mol. The largest absolute Gasteiger partial charge is 0.308 e. The van der Waals surface area contributed by atoms with Crippen LogP contribution in [0.15, 0.2) is 61.1 Å². The van der Waals surface area contributed by atoms with Crippen molar-refractivity contribution < 1.29 is 4.79 Å². The number of anilines is 1. The van der Waals surface area contributed by atoms with E-state index in [1.807, 2.05) is 44.2 Å². The van der Waals surface area contributed by atoms with E-state index in [0.717, 1.165) is 5.69 Å². The van der Waals surface area contributed by atoms with Crippen LogP contribution in [0, 0.1) is 0 Å². The molecule has 3 aromatic rings. The first-order chi connectivity index (χ1) is 13.5. The number of rotatable bonds is 7. The summed E-state index contributed by atoms with van der Waals surface area (Å²) in [6.07, 6.45) is 5.17. The smallest absolute Gasteiger partial charge is 0.239 e. The highest BCUT2D eigenvalue weighted by Crippen LogP contribution is 2.34. The summed E-state index contributed by atoms with van der Waals surface area (Å²) >= 11 is 8.00. The number of aromatic nitrogens is 3. The van der Waals surface area contributed by atoms with Crippen molar-refractivity contribution in [2.75, 3.05) is 11.4 Å². The van der Waals surface area contributed by atoms with E-state index in [2.05, 4.69) is 29.1 Å². The fourth-order valence-corrected chi connectivity index (χ4v) is 4.38. The Kier molecular flexibility index (Phi) is 6.75. The summed E-state index contributed by atoms with van der Waals surface area (Å²) in [5.41, 5.74) is 2.61. The first-order valence-corrected chi connectivity index (χ1v) is 10.5. The highest BCUT2D eigenvalue weighted by Gasteiger charge is 2.26. The van der Waals surface area contributed by atoms with Gasteiger partial charge in [0.05, 0.1) is 23.3 Å². The Morgan fingerprint density at radius 3 is 2.61 bits per heavy atom. The predicted octanol–water partition coefficient (Wildman–Crippen LogP) is 5.16. The molecule has 2 unspecified atom stereocenters. The minimum Gasteiger partial charge on any atom is -0.308 e. The number of hydrogen-bond acceptors (Lipinski definition) is 4. The molecule has 1 amide bonds. The number of amides is 1. The first kappa shape index (κ1) is 20.4. The zero-order chi connectivity index (χ0) is 20.1. The van der Waals surface area contributed by atoms with E-state index in [4.69, 9.17) is 11.6 Å². The predicted molar refractivity (Wildman–Crippen MR) is 116 cm³/mol. The van der Waals surface area contributed by atoms with Crippen LogP contribution in [0.2, 0.25) is 5.15 Å². The van der Waals surface area contributed by atoms with Gasteiger partial charge in [-0.3, -0.25) is 9.78 Å². The normalized spacial score (nSPS) is 13.1. The van der Waals surface area contributed by atoms with Crippen molar-refractivity contribution in [3.63, 3.8) is 0 Å². The number of carbonyl (C=O) groups excluding carboxylic acids is 1. The molecular formula is C21H23ClN4OS. The molecule has 0 spiro atoms. The summed E-state index contributed by atoms with van der Waals surface area (Å²) < 4.78 is 1.64. The van der Waals surface area contributed by atoms with E-state index in [1.165, 1.54) is 5.56 Å². The van der Waals surface area contributed by atoms with Crippen molar-refractivity contribution in [2.45, 2.75) is 31.3 Å². The summed E-state index contributed by atoms with van der Waals surface area (Å²) in [6, 6.07) is 13.9. The summed E-state index contributed by atoms with van der Waals surface area (Å²) in [5, 5.41) is 4.64. The van der Waals surface area contributed by atoms with Gasteiger partial charge in [0.2, 0.25) is 5.91 Å². The summed E-state index contributed by atoms with van der Waals surface area (Å²) in [7, 11) is 0. The molecule has 0 aliphatic rings. The van der Waals surface area contributed by atoms with Crippen LogP contribution >= 0.6 is 23.4 Å². The minimum atomic E-state index is -0.215. The van der Waals surface area contributed by atoms with Gasteiger partial charge in [-0.15, -0.1) is 11.8 Å². The van der Waals surface area contributed by atoms with Crippen molar-refractivity contribution in [1.29, 1.82) is 0 Å². The molecule has 146 valence electrons. The van der Waals surface area contributed by atoms with Gasteiger partial charge in [-0.1, -0.05) is 41.9 Å². The molecule has 0 fully saturated rings. The van der Waals surface area contributed by atoms with Crippen molar-refractivity contribution in [2.24, 2.45) is 0 Å². The fraction of sp³-hybridized carbons (Fsp3) is 0.286.